The summed E-state index contributed by atoms with van der Waals surface area (Å²) in [6, 6.07) is 13.0. The summed E-state index contributed by atoms with van der Waals surface area (Å²) in [7, 11) is 0. The molecule has 1 aliphatic heterocycles. The number of aromatic nitrogens is 3. The topological polar surface area (TPSA) is 98.6 Å². The van der Waals surface area contributed by atoms with E-state index in [2.05, 4.69) is 15.4 Å². The molecule has 37 heavy (non-hydrogen) atoms. The maximum atomic E-state index is 13.2. The maximum Gasteiger partial charge on any atom is 0.408 e. The third kappa shape index (κ3) is 7.52. The molecule has 1 aliphatic rings. The molecule has 2 atom stereocenters. The van der Waals surface area contributed by atoms with Crippen LogP contribution in [-0.4, -0.2) is 63.0 Å². The summed E-state index contributed by atoms with van der Waals surface area (Å²) in [5.41, 5.74) is 0.985. The van der Waals surface area contributed by atoms with Gasteiger partial charge < -0.3 is 19.7 Å². The van der Waals surface area contributed by atoms with Crippen LogP contribution in [0.25, 0.3) is 0 Å². The number of nitrogens with zero attached hydrogens (tertiary/aromatic N) is 4. The van der Waals surface area contributed by atoms with Crippen LogP contribution in [0.3, 0.4) is 0 Å². The van der Waals surface area contributed by atoms with E-state index in [1.54, 1.807) is 68.2 Å². The minimum Gasteiger partial charge on any atom is -0.491 e. The zero-order chi connectivity index (χ0) is 26.4. The molecule has 0 spiro atoms. The number of benzene rings is 2. The van der Waals surface area contributed by atoms with Gasteiger partial charge in [0.15, 0.2) is 0 Å². The van der Waals surface area contributed by atoms with Crippen LogP contribution in [0, 0.1) is 5.82 Å². The number of amides is 2. The van der Waals surface area contributed by atoms with Crippen LogP contribution in [0.1, 0.15) is 49.0 Å². The predicted molar refractivity (Wildman–Crippen MR) is 135 cm³/mol. The highest BCUT2D eigenvalue weighted by molar-refractivity contribution is 5.94. The van der Waals surface area contributed by atoms with Crippen molar-refractivity contribution in [2.45, 2.75) is 51.3 Å². The molecule has 0 aliphatic carbocycles. The Kier molecular flexibility index (Phi) is 8.05. The van der Waals surface area contributed by atoms with Crippen molar-refractivity contribution in [1.82, 2.24) is 25.0 Å². The van der Waals surface area contributed by atoms with Gasteiger partial charge in [-0.1, -0.05) is 12.1 Å². The number of alkyl carbamates (subject to hydrolysis) is 1. The number of carbonyl (C=O) groups is 2. The van der Waals surface area contributed by atoms with Gasteiger partial charge in [-0.25, -0.2) is 14.2 Å². The SMILES string of the molecule is CC(C)(C)OC(=O)NC(COc1ccc(C(=O)N2CC[C@H](c3ccc(F)cc3)C2)cc1)Cn1cncn1. The summed E-state index contributed by atoms with van der Waals surface area (Å²) in [4.78, 5) is 31.1. The van der Waals surface area contributed by atoms with Crippen molar-refractivity contribution in [3.8, 4) is 5.75 Å². The Morgan fingerprint density at radius 2 is 1.86 bits per heavy atom. The van der Waals surface area contributed by atoms with Gasteiger partial charge in [0.2, 0.25) is 0 Å². The van der Waals surface area contributed by atoms with E-state index in [0.29, 0.717) is 30.9 Å². The van der Waals surface area contributed by atoms with Crippen LogP contribution in [0.4, 0.5) is 9.18 Å². The molecule has 2 heterocycles. The van der Waals surface area contributed by atoms with Crippen LogP contribution in [0.5, 0.6) is 5.75 Å². The molecule has 1 fully saturated rings. The lowest BCUT2D eigenvalue weighted by molar-refractivity contribution is 0.0479. The monoisotopic (exact) mass is 509 g/mol. The Bertz CT molecular complexity index is 1180. The first-order chi connectivity index (χ1) is 17.7. The van der Waals surface area contributed by atoms with Crippen LogP contribution in [0.2, 0.25) is 0 Å². The van der Waals surface area contributed by atoms with E-state index in [0.717, 1.165) is 12.0 Å². The molecule has 1 saturated heterocycles. The quantitative estimate of drug-likeness (QED) is 0.493. The highest BCUT2D eigenvalue weighted by Gasteiger charge is 2.28. The molecular weight excluding hydrogens is 477 g/mol. The zero-order valence-corrected chi connectivity index (χ0v) is 21.3. The van der Waals surface area contributed by atoms with E-state index < -0.39 is 17.7 Å². The van der Waals surface area contributed by atoms with Gasteiger partial charge in [0.05, 0.1) is 12.6 Å². The van der Waals surface area contributed by atoms with E-state index in [1.807, 2.05) is 4.90 Å². The van der Waals surface area contributed by atoms with Gasteiger partial charge in [-0.15, -0.1) is 0 Å². The molecule has 3 aromatic rings. The number of rotatable bonds is 8. The molecule has 1 aromatic heterocycles. The lowest BCUT2D eigenvalue weighted by atomic mass is 9.99. The summed E-state index contributed by atoms with van der Waals surface area (Å²) in [5.74, 6) is 0.456. The number of carbonyl (C=O) groups excluding carboxylic acids is 2. The maximum absolute atomic E-state index is 13.2. The fourth-order valence-corrected chi connectivity index (χ4v) is 4.19. The smallest absolute Gasteiger partial charge is 0.408 e. The largest absolute Gasteiger partial charge is 0.491 e. The number of hydrogen-bond donors (Lipinski definition) is 1. The van der Waals surface area contributed by atoms with Crippen LogP contribution >= 0.6 is 0 Å². The predicted octanol–water partition coefficient (Wildman–Crippen LogP) is 4.02. The Morgan fingerprint density at radius 3 is 2.51 bits per heavy atom. The molecule has 4 rings (SSSR count). The van der Waals surface area contributed by atoms with E-state index in [1.165, 1.54) is 18.5 Å². The van der Waals surface area contributed by atoms with Gasteiger partial charge in [-0.2, -0.15) is 5.10 Å². The Balaban J connectivity index is 1.33. The molecule has 0 radical (unpaired) electrons. The standard InChI is InChI=1S/C27H32FN5O4/c1-27(2,3)37-26(35)31-23(15-33-18-29-17-30-33)16-36-24-10-6-20(7-11-24)25(34)32-13-12-21(14-32)19-4-8-22(28)9-5-19/h4-11,17-18,21,23H,12-16H2,1-3H3,(H,31,35)/t21-,23?/m0/s1. The Hall–Kier alpha value is -3.95. The van der Waals surface area contributed by atoms with Crippen LogP contribution < -0.4 is 10.1 Å². The van der Waals surface area contributed by atoms with Crippen molar-refractivity contribution < 1.29 is 23.5 Å². The van der Waals surface area contributed by atoms with Gasteiger partial charge >= 0.3 is 6.09 Å². The number of halogens is 1. The van der Waals surface area contributed by atoms with Gasteiger partial charge in [-0.3, -0.25) is 9.48 Å². The average Bonchev–Trinajstić information content (AvgIpc) is 3.54. The van der Waals surface area contributed by atoms with E-state index in [4.69, 9.17) is 9.47 Å². The second kappa shape index (κ2) is 11.4. The summed E-state index contributed by atoms with van der Waals surface area (Å²) in [6.45, 7) is 7.15. The molecule has 9 nitrogen and oxygen atoms in total. The highest BCUT2D eigenvalue weighted by Crippen LogP contribution is 2.28. The average molecular weight is 510 g/mol. The van der Waals surface area contributed by atoms with Crippen LogP contribution in [0.15, 0.2) is 61.2 Å². The third-order valence-corrected chi connectivity index (χ3v) is 5.96. The lowest BCUT2D eigenvalue weighted by Crippen LogP contribution is -2.44. The van der Waals surface area contributed by atoms with Gasteiger partial charge in [0.25, 0.3) is 5.91 Å². The normalized spacial score (nSPS) is 16.3. The molecule has 1 N–H and O–H groups in total. The molecule has 2 amide bonds. The van der Waals surface area contributed by atoms with E-state index >= 15 is 0 Å². The van der Waals surface area contributed by atoms with Crippen molar-refractivity contribution >= 4 is 12.0 Å². The van der Waals surface area contributed by atoms with Gasteiger partial charge in [-0.05, 0) is 69.2 Å². The van der Waals surface area contributed by atoms with Gasteiger partial charge in [0, 0.05) is 24.6 Å². The minimum absolute atomic E-state index is 0.0492. The van der Waals surface area contributed by atoms with Crippen molar-refractivity contribution in [2.75, 3.05) is 19.7 Å². The van der Waals surface area contributed by atoms with Crippen LogP contribution in [-0.2, 0) is 11.3 Å². The fourth-order valence-electron chi connectivity index (χ4n) is 4.19. The molecule has 196 valence electrons. The second-order valence-electron chi connectivity index (χ2n) is 10.1. The second-order valence-corrected chi connectivity index (χ2v) is 10.1. The number of nitrogens with one attached hydrogen (secondary N) is 1. The summed E-state index contributed by atoms with van der Waals surface area (Å²) >= 11 is 0. The van der Waals surface area contributed by atoms with Crippen molar-refractivity contribution in [2.24, 2.45) is 0 Å². The summed E-state index contributed by atoms with van der Waals surface area (Å²) in [6.07, 6.45) is 3.27. The molecule has 10 heteroatoms. The number of ether oxygens (including phenoxy) is 2. The molecule has 1 unspecified atom stereocenters. The minimum atomic E-state index is -0.626. The van der Waals surface area contributed by atoms with Crippen molar-refractivity contribution in [3.05, 3.63) is 78.1 Å². The van der Waals surface area contributed by atoms with E-state index in [-0.39, 0.29) is 24.2 Å². The number of likely N-dealkylation sites (tertiary alicyclic amines) is 1. The zero-order valence-electron chi connectivity index (χ0n) is 21.3. The molecule has 2 aromatic carbocycles. The molecule has 0 saturated carbocycles. The third-order valence-electron chi connectivity index (χ3n) is 5.96. The van der Waals surface area contributed by atoms with Gasteiger partial charge in [0.1, 0.15) is 36.4 Å². The molecular formula is C27H32FN5O4. The Morgan fingerprint density at radius 1 is 1.14 bits per heavy atom. The van der Waals surface area contributed by atoms with Crippen molar-refractivity contribution in [3.63, 3.8) is 0 Å². The lowest BCUT2D eigenvalue weighted by Gasteiger charge is -2.24. The highest BCUT2D eigenvalue weighted by atomic mass is 19.1. The Labute approximate surface area is 215 Å². The van der Waals surface area contributed by atoms with E-state index in [9.17, 15) is 14.0 Å². The number of hydrogen-bond acceptors (Lipinski definition) is 6. The molecule has 0 bridgehead atoms. The fraction of sp³-hybridized carbons (Fsp3) is 0.407. The van der Waals surface area contributed by atoms with Crippen molar-refractivity contribution in [1.29, 1.82) is 0 Å². The first-order valence-electron chi connectivity index (χ1n) is 12.3. The first-order valence-corrected chi connectivity index (χ1v) is 12.3. The summed E-state index contributed by atoms with van der Waals surface area (Å²) in [5, 5.41) is 6.90. The summed E-state index contributed by atoms with van der Waals surface area (Å²) < 4.78 is 26.1. The first kappa shape index (κ1) is 26.1.